The van der Waals surface area contributed by atoms with E-state index in [4.69, 9.17) is 11.6 Å². The molecule has 0 bridgehead atoms. The highest BCUT2D eigenvalue weighted by Crippen LogP contribution is 2.39. The summed E-state index contributed by atoms with van der Waals surface area (Å²) in [5, 5.41) is 7.14. The normalized spacial score (nSPS) is 16.6. The van der Waals surface area contributed by atoms with Gasteiger partial charge in [-0.2, -0.15) is 0 Å². The fraction of sp³-hybridized carbons (Fsp3) is 0.400. The molecule has 0 amide bonds. The molecule has 2 heterocycles. The van der Waals surface area contributed by atoms with Crippen molar-refractivity contribution in [1.82, 2.24) is 15.2 Å². The number of rotatable bonds is 13. The molecular weight excluding hydrogens is 550 g/mol. The molecule has 4 nitrogen and oxygen atoms in total. The van der Waals surface area contributed by atoms with Crippen molar-refractivity contribution in [2.24, 2.45) is 5.92 Å². The third-order valence-electron chi connectivity index (χ3n) is 8.36. The van der Waals surface area contributed by atoms with Gasteiger partial charge >= 0.3 is 0 Å². The van der Waals surface area contributed by atoms with Crippen LogP contribution in [0.3, 0.4) is 0 Å². The summed E-state index contributed by atoms with van der Waals surface area (Å²) in [5.41, 5.74) is 8.00. The Morgan fingerprint density at radius 1 is 1.14 bits per heavy atom. The van der Waals surface area contributed by atoms with E-state index in [0.29, 0.717) is 10.9 Å². The second-order valence-electron chi connectivity index (χ2n) is 11.3. The van der Waals surface area contributed by atoms with Crippen LogP contribution in [-0.2, 0) is 6.42 Å². The summed E-state index contributed by atoms with van der Waals surface area (Å²) in [4.78, 5) is 6.78. The van der Waals surface area contributed by atoms with Crippen molar-refractivity contribution in [3.63, 3.8) is 0 Å². The minimum Gasteiger partial charge on any atom is -0.387 e. The number of nitrogens with zero attached hydrogens (tertiary/aromatic N) is 2. The first-order valence-corrected chi connectivity index (χ1v) is 15.3. The number of allylic oxidation sites excluding steroid dienone is 3. The van der Waals surface area contributed by atoms with Crippen molar-refractivity contribution in [3.05, 3.63) is 107 Å². The summed E-state index contributed by atoms with van der Waals surface area (Å²) in [6.07, 6.45) is 11.8. The lowest BCUT2D eigenvalue weighted by molar-refractivity contribution is 0.138. The molecule has 2 aliphatic rings. The summed E-state index contributed by atoms with van der Waals surface area (Å²) >= 11 is 6.41. The number of aromatic nitrogens is 1. The lowest BCUT2D eigenvalue weighted by Crippen LogP contribution is -2.37. The van der Waals surface area contributed by atoms with E-state index < -0.39 is 6.43 Å². The van der Waals surface area contributed by atoms with Crippen molar-refractivity contribution in [1.29, 1.82) is 0 Å². The third-order valence-corrected chi connectivity index (χ3v) is 8.59. The van der Waals surface area contributed by atoms with Crippen molar-refractivity contribution >= 4 is 28.6 Å². The molecule has 4 rings (SSSR count). The van der Waals surface area contributed by atoms with Crippen LogP contribution in [0.15, 0.2) is 85.5 Å². The van der Waals surface area contributed by atoms with Gasteiger partial charge in [-0.1, -0.05) is 76.4 Å². The van der Waals surface area contributed by atoms with Crippen LogP contribution in [0.4, 0.5) is 14.5 Å². The first-order chi connectivity index (χ1) is 20.2. The van der Waals surface area contributed by atoms with Crippen molar-refractivity contribution in [3.8, 4) is 0 Å². The Bertz CT molecular complexity index is 1340. The van der Waals surface area contributed by atoms with Crippen LogP contribution in [0, 0.1) is 5.92 Å². The molecule has 1 atom stereocenters. The largest absolute Gasteiger partial charge is 0.387 e. The third kappa shape index (κ3) is 7.91. The van der Waals surface area contributed by atoms with Crippen molar-refractivity contribution in [2.75, 3.05) is 12.4 Å². The monoisotopic (exact) mass is 592 g/mol. The van der Waals surface area contributed by atoms with Crippen LogP contribution in [0.25, 0.3) is 11.3 Å². The van der Waals surface area contributed by atoms with Crippen LogP contribution < -0.4 is 10.6 Å². The summed E-state index contributed by atoms with van der Waals surface area (Å²) in [5.74, 6) is 0.604. The number of alkyl halides is 2. The predicted molar refractivity (Wildman–Crippen MR) is 173 cm³/mol. The Morgan fingerprint density at radius 2 is 1.90 bits per heavy atom. The van der Waals surface area contributed by atoms with E-state index in [1.54, 1.807) is 12.3 Å². The van der Waals surface area contributed by atoms with E-state index in [1.807, 2.05) is 31.3 Å². The Balaban J connectivity index is 1.64. The number of halogens is 3. The minimum absolute atomic E-state index is 0.0236. The van der Waals surface area contributed by atoms with Gasteiger partial charge in [0, 0.05) is 36.1 Å². The van der Waals surface area contributed by atoms with Crippen LogP contribution >= 0.6 is 11.6 Å². The number of pyridine rings is 1. The Kier molecular flexibility index (Phi) is 11.0. The number of hydrogen-bond acceptors (Lipinski definition) is 4. The standard InChI is InChI=1S/C35H43ClF2N4/c1-6-27-22-42(23(2)18-31(27)32-20-29(36)14-12-28(32)13-17-35(37)38)34(19-26-10-8-7-9-11-26)25(4)41-30-15-16-33(40-21-30)24(3)39-5/h12,14-16,18,20-22,26,34-35,39,41H,2-4,6-11,13,17,19H2,1,5H3. The molecule has 1 fully saturated rings. The molecule has 0 saturated heterocycles. The Labute approximate surface area is 255 Å². The summed E-state index contributed by atoms with van der Waals surface area (Å²) in [6, 6.07) is 9.43. The van der Waals surface area contributed by atoms with Gasteiger partial charge in [-0.25, -0.2) is 8.78 Å². The number of nitrogens with one attached hydrogen (secondary N) is 2. The quantitative estimate of drug-likeness (QED) is 0.243. The molecule has 1 aromatic carbocycles. The Morgan fingerprint density at radius 3 is 2.55 bits per heavy atom. The molecule has 1 aromatic heterocycles. The molecule has 1 aliphatic carbocycles. The van der Waals surface area contributed by atoms with E-state index in [1.165, 1.54) is 32.1 Å². The van der Waals surface area contributed by atoms with Gasteiger partial charge < -0.3 is 15.5 Å². The average Bonchev–Trinajstić information content (AvgIpc) is 2.99. The van der Waals surface area contributed by atoms with Crippen molar-refractivity contribution < 1.29 is 8.78 Å². The second kappa shape index (κ2) is 14.7. The highest BCUT2D eigenvalue weighted by molar-refractivity contribution is 6.30. The van der Waals surface area contributed by atoms with Gasteiger partial charge in [-0.3, -0.25) is 4.98 Å². The molecule has 0 radical (unpaired) electrons. The lowest BCUT2D eigenvalue weighted by Gasteiger charge is -2.39. The van der Waals surface area contributed by atoms with Gasteiger partial charge in [0.2, 0.25) is 6.43 Å². The van der Waals surface area contributed by atoms with Gasteiger partial charge in [0.05, 0.1) is 29.3 Å². The summed E-state index contributed by atoms with van der Waals surface area (Å²) in [7, 11) is 1.83. The number of benzene rings is 1. The maximum absolute atomic E-state index is 13.1. The van der Waals surface area contributed by atoms with Crippen LogP contribution in [0.5, 0.6) is 0 Å². The van der Waals surface area contributed by atoms with Crippen molar-refractivity contribution in [2.45, 2.75) is 77.2 Å². The zero-order chi connectivity index (χ0) is 30.2. The van der Waals surface area contributed by atoms with Crippen LogP contribution in [0.2, 0.25) is 5.02 Å². The van der Waals surface area contributed by atoms with E-state index >= 15 is 0 Å². The van der Waals surface area contributed by atoms with Gasteiger partial charge in [-0.15, -0.1) is 0 Å². The van der Waals surface area contributed by atoms with E-state index in [0.717, 1.165) is 63.6 Å². The molecule has 2 N–H and O–H groups in total. The molecule has 1 aliphatic heterocycles. The number of aryl methyl sites for hydroxylation is 1. The summed E-state index contributed by atoms with van der Waals surface area (Å²) < 4.78 is 26.2. The lowest BCUT2D eigenvalue weighted by atomic mass is 9.83. The fourth-order valence-corrected chi connectivity index (χ4v) is 6.14. The van der Waals surface area contributed by atoms with Gasteiger partial charge in [0.25, 0.3) is 0 Å². The Hall–Kier alpha value is -3.38. The molecule has 2 aromatic rings. The zero-order valence-corrected chi connectivity index (χ0v) is 25.6. The van der Waals surface area contributed by atoms with E-state index in [2.05, 4.69) is 59.5 Å². The zero-order valence-electron chi connectivity index (χ0n) is 24.9. The first-order valence-electron chi connectivity index (χ1n) is 15.0. The van der Waals surface area contributed by atoms with Crippen LogP contribution in [-0.4, -0.2) is 29.4 Å². The number of anilines is 1. The molecule has 42 heavy (non-hydrogen) atoms. The average molecular weight is 593 g/mol. The smallest absolute Gasteiger partial charge is 0.239 e. The van der Waals surface area contributed by atoms with Gasteiger partial charge in [0.1, 0.15) is 0 Å². The maximum atomic E-state index is 13.1. The topological polar surface area (TPSA) is 40.2 Å². The molecule has 0 spiro atoms. The molecule has 224 valence electrons. The molecule has 1 unspecified atom stereocenters. The molecular formula is C35H43ClF2N4. The van der Waals surface area contributed by atoms with Crippen LogP contribution in [0.1, 0.15) is 75.1 Å². The van der Waals surface area contributed by atoms with Gasteiger partial charge in [-0.05, 0) is 77.8 Å². The predicted octanol–water partition coefficient (Wildman–Crippen LogP) is 9.59. The highest BCUT2D eigenvalue weighted by Gasteiger charge is 2.29. The maximum Gasteiger partial charge on any atom is 0.239 e. The minimum atomic E-state index is -2.35. The molecule has 7 heteroatoms. The summed E-state index contributed by atoms with van der Waals surface area (Å²) in [6.45, 7) is 15.1. The van der Waals surface area contributed by atoms with E-state index in [9.17, 15) is 8.78 Å². The fourth-order valence-electron chi connectivity index (χ4n) is 5.96. The SMILES string of the molecule is C=C(NC)c1ccc(NC(=C)C(CC2CCCCC2)N2C=C(CC)C(c3cc(Cl)ccc3CCC(F)F)=CC2=C)cn1. The second-order valence-corrected chi connectivity index (χ2v) is 11.7. The highest BCUT2D eigenvalue weighted by atomic mass is 35.5. The number of hydrogen-bond donors (Lipinski definition) is 2. The molecule has 1 saturated carbocycles. The first kappa shape index (κ1) is 31.6. The van der Waals surface area contributed by atoms with Gasteiger partial charge in [0.15, 0.2) is 0 Å². The van der Waals surface area contributed by atoms with E-state index in [-0.39, 0.29) is 18.9 Å².